The molecule has 3 aromatic carbocycles. The van der Waals surface area contributed by atoms with Crippen LogP contribution in [-0.4, -0.2) is 43.8 Å². The van der Waals surface area contributed by atoms with Gasteiger partial charge in [-0.25, -0.2) is 4.98 Å². The molecular weight excluding hydrogens is 605 g/mol. The lowest BCUT2D eigenvalue weighted by atomic mass is 10.0. The number of carbonyl (C=O) groups excluding carboxylic acids is 1. The molecule has 0 saturated heterocycles. The molecule has 1 aliphatic heterocycles. The van der Waals surface area contributed by atoms with Gasteiger partial charge in [0.1, 0.15) is 17.2 Å². The molecule has 234 valence electrons. The van der Waals surface area contributed by atoms with E-state index in [2.05, 4.69) is 5.32 Å². The van der Waals surface area contributed by atoms with Crippen LogP contribution in [0.25, 0.3) is 5.69 Å². The minimum atomic E-state index is -4.45. The van der Waals surface area contributed by atoms with Crippen molar-refractivity contribution in [3.05, 3.63) is 106 Å². The first-order valence-corrected chi connectivity index (χ1v) is 15.6. The number of phenols is 1. The highest BCUT2D eigenvalue weighted by molar-refractivity contribution is 7.99. The van der Waals surface area contributed by atoms with Crippen LogP contribution in [0, 0.1) is 0 Å². The van der Waals surface area contributed by atoms with Gasteiger partial charge in [-0.05, 0) is 60.9 Å². The van der Waals surface area contributed by atoms with Gasteiger partial charge in [0, 0.05) is 24.8 Å². The number of rotatable bonds is 9. The van der Waals surface area contributed by atoms with Crippen LogP contribution < -0.4 is 15.6 Å². The zero-order valence-corrected chi connectivity index (χ0v) is 25.0. The van der Waals surface area contributed by atoms with Crippen molar-refractivity contribution in [1.29, 1.82) is 0 Å². The number of para-hydroxylation sites is 2. The summed E-state index contributed by atoms with van der Waals surface area (Å²) < 4.78 is 46.0. The van der Waals surface area contributed by atoms with Crippen LogP contribution in [0.1, 0.15) is 41.6 Å². The summed E-state index contributed by atoms with van der Waals surface area (Å²) in [6.45, 7) is 0.999. The molecule has 4 aromatic rings. The van der Waals surface area contributed by atoms with E-state index >= 15 is 0 Å². The van der Waals surface area contributed by atoms with Crippen molar-refractivity contribution >= 4 is 17.7 Å². The largest absolute Gasteiger partial charge is 0.506 e. The normalized spacial score (nSPS) is 15.0. The molecule has 2 N–H and O–H groups in total. The summed E-state index contributed by atoms with van der Waals surface area (Å²) in [6, 6.07) is 18.2. The van der Waals surface area contributed by atoms with Gasteiger partial charge in [-0.15, -0.1) is 0 Å². The van der Waals surface area contributed by atoms with Gasteiger partial charge in [0.25, 0.3) is 5.56 Å². The molecule has 2 aliphatic rings. The summed E-state index contributed by atoms with van der Waals surface area (Å²) in [5.41, 5.74) is 1.31. The van der Waals surface area contributed by atoms with Crippen molar-refractivity contribution < 1.29 is 27.8 Å². The monoisotopic (exact) mass is 636 g/mol. The van der Waals surface area contributed by atoms with Crippen molar-refractivity contribution in [2.24, 2.45) is 0 Å². The van der Waals surface area contributed by atoms with Gasteiger partial charge in [0.15, 0.2) is 5.16 Å². The molecule has 1 fully saturated rings. The first-order chi connectivity index (χ1) is 21.7. The molecule has 2 heterocycles. The second kappa shape index (κ2) is 13.0. The van der Waals surface area contributed by atoms with E-state index < -0.39 is 11.7 Å². The molecule has 1 amide bonds. The number of benzene rings is 3. The summed E-state index contributed by atoms with van der Waals surface area (Å²) in [6.07, 6.45) is -0.720. The number of aromatic hydroxyl groups is 1. The number of phenolic OH excluding ortho intramolecular Hbond substituents is 1. The van der Waals surface area contributed by atoms with E-state index in [1.165, 1.54) is 22.8 Å². The van der Waals surface area contributed by atoms with E-state index in [0.29, 0.717) is 52.6 Å². The Bertz CT molecular complexity index is 1760. The van der Waals surface area contributed by atoms with E-state index in [0.717, 1.165) is 37.0 Å². The van der Waals surface area contributed by atoms with E-state index in [9.17, 15) is 27.9 Å². The van der Waals surface area contributed by atoms with Crippen molar-refractivity contribution in [3.63, 3.8) is 0 Å². The molecule has 0 unspecified atom stereocenters. The smallest absolute Gasteiger partial charge is 0.416 e. The number of hydrogen-bond acceptors (Lipinski definition) is 7. The molecule has 0 spiro atoms. The maximum atomic E-state index is 13.8. The fraction of sp³-hybridized carbons (Fsp3) is 0.303. The van der Waals surface area contributed by atoms with Gasteiger partial charge in [-0.2, -0.15) is 13.2 Å². The summed E-state index contributed by atoms with van der Waals surface area (Å²) in [4.78, 5) is 33.4. The van der Waals surface area contributed by atoms with Gasteiger partial charge < -0.3 is 20.1 Å². The van der Waals surface area contributed by atoms with E-state index in [4.69, 9.17) is 9.72 Å². The molecule has 1 saturated carbocycles. The highest BCUT2D eigenvalue weighted by Crippen LogP contribution is 2.37. The van der Waals surface area contributed by atoms with Crippen LogP contribution in [0.2, 0.25) is 0 Å². The van der Waals surface area contributed by atoms with Crippen LogP contribution in [0.15, 0.2) is 82.7 Å². The van der Waals surface area contributed by atoms with Crippen molar-refractivity contribution in [1.82, 2.24) is 19.8 Å². The summed E-state index contributed by atoms with van der Waals surface area (Å²) in [7, 11) is 0. The zero-order valence-electron chi connectivity index (χ0n) is 24.2. The lowest BCUT2D eigenvalue weighted by molar-refractivity contribution is -0.137. The Labute approximate surface area is 261 Å². The van der Waals surface area contributed by atoms with E-state index in [-0.39, 0.29) is 36.1 Å². The number of alkyl halides is 3. The van der Waals surface area contributed by atoms with Crippen molar-refractivity contribution in [3.8, 4) is 22.9 Å². The number of thioether (sulfide) groups is 1. The predicted octanol–water partition coefficient (Wildman–Crippen LogP) is 6.07. The Kier molecular flexibility index (Phi) is 8.86. The number of amides is 1. The topological polar surface area (TPSA) is 96.7 Å². The first kappa shape index (κ1) is 30.7. The minimum Gasteiger partial charge on any atom is -0.506 e. The van der Waals surface area contributed by atoms with Crippen molar-refractivity contribution in [2.45, 2.75) is 55.4 Å². The van der Waals surface area contributed by atoms with Crippen LogP contribution in [0.3, 0.4) is 0 Å². The summed E-state index contributed by atoms with van der Waals surface area (Å²) in [5, 5.41) is 14.6. The fourth-order valence-electron chi connectivity index (χ4n) is 5.22. The average Bonchev–Trinajstić information content (AvgIpc) is 3.00. The molecule has 0 atom stereocenters. The molecule has 1 aromatic heterocycles. The van der Waals surface area contributed by atoms with Crippen LogP contribution in [-0.2, 0) is 30.5 Å². The number of aromatic nitrogens is 2. The Hall–Kier alpha value is -4.29. The van der Waals surface area contributed by atoms with Crippen LogP contribution in [0.5, 0.6) is 17.2 Å². The predicted molar refractivity (Wildman–Crippen MR) is 164 cm³/mol. The quantitative estimate of drug-likeness (QED) is 0.216. The maximum Gasteiger partial charge on any atom is 0.416 e. The highest BCUT2D eigenvalue weighted by atomic mass is 32.2. The second-order valence-electron chi connectivity index (χ2n) is 11.1. The molecule has 8 nitrogen and oxygen atoms in total. The summed E-state index contributed by atoms with van der Waals surface area (Å²) in [5.74, 6) is 0.297. The Balaban J connectivity index is 1.08. The lowest BCUT2D eigenvalue weighted by Crippen LogP contribution is -2.44. The lowest BCUT2D eigenvalue weighted by Gasteiger charge is -2.30. The van der Waals surface area contributed by atoms with Crippen LogP contribution in [0.4, 0.5) is 13.2 Å². The highest BCUT2D eigenvalue weighted by Gasteiger charge is 2.31. The second-order valence-corrected chi connectivity index (χ2v) is 12.3. The van der Waals surface area contributed by atoms with E-state index in [1.807, 2.05) is 0 Å². The molecule has 45 heavy (non-hydrogen) atoms. The fourth-order valence-corrected chi connectivity index (χ4v) is 6.54. The standard InChI is InChI=1S/C33H31F3N4O4S/c34-33(35,36)22-5-3-6-24(17-22)44-23-13-11-21(12-14-23)18-37-19-30(42)39-16-15-27-26(20-39)31(43)40(28-9-1-2-10-29(28)41)32(38-27)45-25-7-4-8-25/h1-3,5-6,9-14,17,25,37,41H,4,7-8,15-16,18-20H2. The Morgan fingerprint density at radius 2 is 1.82 bits per heavy atom. The third kappa shape index (κ3) is 7.02. The van der Waals surface area contributed by atoms with Gasteiger partial charge in [0.05, 0.1) is 35.6 Å². The molecule has 12 heteroatoms. The van der Waals surface area contributed by atoms with E-state index in [1.54, 1.807) is 59.1 Å². The minimum absolute atomic E-state index is 0.0139. The first-order valence-electron chi connectivity index (χ1n) is 14.7. The maximum absolute atomic E-state index is 13.8. The Morgan fingerprint density at radius 3 is 2.53 bits per heavy atom. The molecule has 0 bridgehead atoms. The zero-order chi connectivity index (χ0) is 31.6. The number of ether oxygens (including phenoxy) is 1. The van der Waals surface area contributed by atoms with Gasteiger partial charge in [0.2, 0.25) is 5.91 Å². The summed E-state index contributed by atoms with van der Waals surface area (Å²) >= 11 is 1.57. The van der Waals surface area contributed by atoms with Gasteiger partial charge >= 0.3 is 6.18 Å². The molecular formula is C33H31F3N4O4S. The third-order valence-electron chi connectivity index (χ3n) is 7.92. The van der Waals surface area contributed by atoms with Crippen molar-refractivity contribution in [2.75, 3.05) is 13.1 Å². The Morgan fingerprint density at radius 1 is 1.04 bits per heavy atom. The number of halogens is 3. The SMILES string of the molecule is O=C(CNCc1ccc(Oc2cccc(C(F)(F)F)c2)cc1)N1CCc2nc(SC3CCC3)n(-c3ccccc3O)c(=O)c2C1. The average molecular weight is 637 g/mol. The number of nitrogens with one attached hydrogen (secondary N) is 1. The molecule has 0 radical (unpaired) electrons. The third-order valence-corrected chi connectivity index (χ3v) is 9.21. The number of hydrogen-bond donors (Lipinski definition) is 2. The van der Waals surface area contributed by atoms with Gasteiger partial charge in [-0.1, -0.05) is 48.5 Å². The van der Waals surface area contributed by atoms with Crippen LogP contribution >= 0.6 is 11.8 Å². The number of carbonyl (C=O) groups is 1. The number of nitrogens with zero attached hydrogens (tertiary/aromatic N) is 3. The van der Waals surface area contributed by atoms with Gasteiger partial charge in [-0.3, -0.25) is 14.2 Å². The molecule has 1 aliphatic carbocycles. The molecule has 6 rings (SSSR count). The number of fused-ring (bicyclic) bond motifs is 1.